The molecule has 0 unspecified atom stereocenters. The number of halogens is 2. The highest BCUT2D eigenvalue weighted by atomic mass is 35.5. The van der Waals surface area contributed by atoms with Crippen LogP contribution in [-0.2, 0) is 4.79 Å². The Hall–Kier alpha value is -2.30. The lowest BCUT2D eigenvalue weighted by Crippen LogP contribution is -2.20. The van der Waals surface area contributed by atoms with Crippen molar-refractivity contribution >= 4 is 45.7 Å². The lowest BCUT2D eigenvalue weighted by molar-refractivity contribution is -0.118. The fourth-order valence-electron chi connectivity index (χ4n) is 2.11. The Labute approximate surface area is 143 Å². The number of rotatable bonds is 4. The average molecular weight is 347 g/mol. The molecule has 1 amide bonds. The number of anilines is 1. The molecule has 0 saturated carbocycles. The van der Waals surface area contributed by atoms with Crippen molar-refractivity contribution < 1.29 is 9.53 Å². The highest BCUT2D eigenvalue weighted by Crippen LogP contribution is 2.25. The molecule has 1 heterocycles. The monoisotopic (exact) mass is 346 g/mol. The molecule has 0 radical (unpaired) electrons. The summed E-state index contributed by atoms with van der Waals surface area (Å²) in [4.78, 5) is 16.3. The fourth-order valence-corrected chi connectivity index (χ4v) is 2.41. The van der Waals surface area contributed by atoms with Crippen LogP contribution in [0, 0.1) is 0 Å². The number of amides is 1. The van der Waals surface area contributed by atoms with Crippen molar-refractivity contribution in [3.8, 4) is 5.75 Å². The van der Waals surface area contributed by atoms with E-state index in [-0.39, 0.29) is 12.5 Å². The number of carbonyl (C=O) groups is 1. The van der Waals surface area contributed by atoms with Crippen LogP contribution in [0.4, 0.5) is 5.69 Å². The van der Waals surface area contributed by atoms with Crippen molar-refractivity contribution in [2.45, 2.75) is 0 Å². The summed E-state index contributed by atoms with van der Waals surface area (Å²) >= 11 is 11.8. The molecule has 3 rings (SSSR count). The van der Waals surface area contributed by atoms with E-state index in [1.54, 1.807) is 30.5 Å². The molecule has 1 aromatic heterocycles. The zero-order chi connectivity index (χ0) is 16.2. The van der Waals surface area contributed by atoms with Crippen molar-refractivity contribution in [3.63, 3.8) is 0 Å². The molecule has 0 aliphatic rings. The maximum Gasteiger partial charge on any atom is 0.262 e. The topological polar surface area (TPSA) is 51.2 Å². The third-order valence-electron chi connectivity index (χ3n) is 3.16. The van der Waals surface area contributed by atoms with Gasteiger partial charge < -0.3 is 10.1 Å². The first-order valence-electron chi connectivity index (χ1n) is 6.85. The molecule has 0 bridgehead atoms. The number of hydrogen-bond donors (Lipinski definition) is 1. The van der Waals surface area contributed by atoms with Crippen molar-refractivity contribution in [2.75, 3.05) is 11.9 Å². The summed E-state index contributed by atoms with van der Waals surface area (Å²) in [7, 11) is 0. The minimum atomic E-state index is -0.295. The maximum atomic E-state index is 12.0. The molecular weight excluding hydrogens is 335 g/mol. The molecule has 0 aliphatic carbocycles. The maximum absolute atomic E-state index is 12.0. The zero-order valence-electron chi connectivity index (χ0n) is 11.9. The van der Waals surface area contributed by atoms with E-state index in [0.717, 1.165) is 10.9 Å². The Balaban J connectivity index is 1.67. The lowest BCUT2D eigenvalue weighted by atomic mass is 10.2. The molecule has 1 N–H and O–H groups in total. The second kappa shape index (κ2) is 6.86. The summed E-state index contributed by atoms with van der Waals surface area (Å²) < 4.78 is 5.57. The minimum absolute atomic E-state index is 0.129. The molecule has 6 heteroatoms. The number of ether oxygens (including phenoxy) is 1. The van der Waals surface area contributed by atoms with Gasteiger partial charge in [-0.2, -0.15) is 0 Å². The van der Waals surface area contributed by atoms with Crippen LogP contribution in [0.3, 0.4) is 0 Å². The Morgan fingerprint density at radius 3 is 2.74 bits per heavy atom. The summed E-state index contributed by atoms with van der Waals surface area (Å²) in [5, 5.41) is 4.47. The summed E-state index contributed by atoms with van der Waals surface area (Å²) in [6, 6.07) is 14.2. The van der Waals surface area contributed by atoms with Gasteiger partial charge in [0.1, 0.15) is 11.3 Å². The van der Waals surface area contributed by atoms with Crippen LogP contribution in [0.25, 0.3) is 10.9 Å². The second-order valence-electron chi connectivity index (χ2n) is 4.80. The van der Waals surface area contributed by atoms with E-state index in [2.05, 4.69) is 10.3 Å². The smallest absolute Gasteiger partial charge is 0.262 e. The molecule has 0 spiro atoms. The van der Waals surface area contributed by atoms with Gasteiger partial charge in [-0.15, -0.1) is 0 Å². The number of fused-ring (bicyclic) bond motifs is 1. The van der Waals surface area contributed by atoms with Gasteiger partial charge in [0.2, 0.25) is 0 Å². The quantitative estimate of drug-likeness (QED) is 0.753. The number of aromatic nitrogens is 1. The molecule has 4 nitrogen and oxygen atoms in total. The van der Waals surface area contributed by atoms with Crippen LogP contribution in [0.5, 0.6) is 5.75 Å². The highest BCUT2D eigenvalue weighted by molar-refractivity contribution is 6.42. The molecule has 3 aromatic rings. The van der Waals surface area contributed by atoms with Gasteiger partial charge in [0.15, 0.2) is 6.61 Å². The fraction of sp³-hybridized carbons (Fsp3) is 0.0588. The Morgan fingerprint density at radius 2 is 1.91 bits per heavy atom. The number of para-hydroxylation sites is 1. The molecule has 0 aliphatic heterocycles. The van der Waals surface area contributed by atoms with Crippen LogP contribution >= 0.6 is 23.2 Å². The summed E-state index contributed by atoms with van der Waals surface area (Å²) in [6.07, 6.45) is 1.69. The van der Waals surface area contributed by atoms with E-state index >= 15 is 0 Å². The Bertz CT molecular complexity index is 863. The van der Waals surface area contributed by atoms with E-state index in [4.69, 9.17) is 27.9 Å². The molecule has 0 atom stereocenters. The van der Waals surface area contributed by atoms with Crippen LogP contribution < -0.4 is 10.1 Å². The number of hydrogen-bond acceptors (Lipinski definition) is 3. The molecule has 0 saturated heterocycles. The first-order valence-corrected chi connectivity index (χ1v) is 7.60. The van der Waals surface area contributed by atoms with Gasteiger partial charge in [0.05, 0.1) is 10.0 Å². The molecule has 23 heavy (non-hydrogen) atoms. The van der Waals surface area contributed by atoms with E-state index in [9.17, 15) is 4.79 Å². The Kier molecular flexibility index (Phi) is 4.65. The Morgan fingerprint density at radius 1 is 1.09 bits per heavy atom. The molecule has 2 aromatic carbocycles. The van der Waals surface area contributed by atoms with E-state index in [1.165, 1.54) is 0 Å². The van der Waals surface area contributed by atoms with Gasteiger partial charge in [-0.1, -0.05) is 41.4 Å². The number of pyridine rings is 1. The first kappa shape index (κ1) is 15.6. The van der Waals surface area contributed by atoms with Gasteiger partial charge >= 0.3 is 0 Å². The molecule has 116 valence electrons. The van der Waals surface area contributed by atoms with E-state index in [1.807, 2.05) is 24.3 Å². The predicted molar refractivity (Wildman–Crippen MR) is 92.3 cm³/mol. The number of nitrogens with one attached hydrogen (secondary N) is 1. The second-order valence-corrected chi connectivity index (χ2v) is 5.61. The molecular formula is C17H12Cl2N2O2. The highest BCUT2D eigenvalue weighted by Gasteiger charge is 2.08. The van der Waals surface area contributed by atoms with Gasteiger partial charge in [-0.3, -0.25) is 9.78 Å². The third-order valence-corrected chi connectivity index (χ3v) is 3.90. The summed E-state index contributed by atoms with van der Waals surface area (Å²) in [5.74, 6) is 0.267. The number of nitrogens with zero attached hydrogens (tertiary/aromatic N) is 1. The van der Waals surface area contributed by atoms with Gasteiger partial charge in [-0.25, -0.2) is 0 Å². The lowest BCUT2D eigenvalue weighted by Gasteiger charge is -2.09. The van der Waals surface area contributed by atoms with Crippen molar-refractivity contribution in [2.24, 2.45) is 0 Å². The van der Waals surface area contributed by atoms with Crippen LogP contribution in [0.15, 0.2) is 54.7 Å². The van der Waals surface area contributed by atoms with Gasteiger partial charge in [0.25, 0.3) is 5.91 Å². The predicted octanol–water partition coefficient (Wildman–Crippen LogP) is 4.56. The zero-order valence-corrected chi connectivity index (χ0v) is 13.4. The van der Waals surface area contributed by atoms with Crippen molar-refractivity contribution in [1.82, 2.24) is 4.98 Å². The van der Waals surface area contributed by atoms with Crippen LogP contribution in [0.1, 0.15) is 0 Å². The van der Waals surface area contributed by atoms with Crippen molar-refractivity contribution in [1.29, 1.82) is 0 Å². The van der Waals surface area contributed by atoms with E-state index < -0.39 is 0 Å². The normalized spacial score (nSPS) is 10.5. The largest absolute Gasteiger partial charge is 0.481 e. The standard InChI is InChI=1S/C17H12Cl2N2O2/c18-13-7-6-12(9-14(13)19)21-16(22)10-23-15-5-1-3-11-4-2-8-20-17(11)15/h1-9H,10H2,(H,21,22). The van der Waals surface area contributed by atoms with Crippen LogP contribution in [-0.4, -0.2) is 17.5 Å². The first-order chi connectivity index (χ1) is 11.1. The minimum Gasteiger partial charge on any atom is -0.481 e. The number of carbonyl (C=O) groups excluding carboxylic acids is 1. The SMILES string of the molecule is O=C(COc1cccc2cccnc12)Nc1ccc(Cl)c(Cl)c1. The summed E-state index contributed by atoms with van der Waals surface area (Å²) in [6.45, 7) is -0.129. The molecule has 0 fully saturated rings. The van der Waals surface area contributed by atoms with Gasteiger partial charge in [0, 0.05) is 17.3 Å². The van der Waals surface area contributed by atoms with Crippen LogP contribution in [0.2, 0.25) is 10.0 Å². The van der Waals surface area contributed by atoms with Gasteiger partial charge in [-0.05, 0) is 30.3 Å². The third kappa shape index (κ3) is 3.73. The van der Waals surface area contributed by atoms with E-state index in [0.29, 0.717) is 21.5 Å². The average Bonchev–Trinajstić information content (AvgIpc) is 2.56. The van der Waals surface area contributed by atoms with Crippen molar-refractivity contribution in [3.05, 3.63) is 64.8 Å². The summed E-state index contributed by atoms with van der Waals surface area (Å²) in [5.41, 5.74) is 1.28. The number of benzene rings is 2.